The van der Waals surface area contributed by atoms with Crippen LogP contribution >= 0.6 is 12.4 Å². The molecule has 0 saturated carbocycles. The molecule has 1 aliphatic rings. The highest BCUT2D eigenvalue weighted by atomic mass is 35.5. The summed E-state index contributed by atoms with van der Waals surface area (Å²) in [4.78, 5) is 15.2. The van der Waals surface area contributed by atoms with Crippen LogP contribution in [-0.4, -0.2) is 35.4 Å². The van der Waals surface area contributed by atoms with Crippen molar-refractivity contribution in [3.05, 3.63) is 107 Å². The molecule has 0 aromatic heterocycles. The monoisotopic (exact) mass is 519 g/mol. The van der Waals surface area contributed by atoms with Crippen LogP contribution in [0.4, 0.5) is 0 Å². The van der Waals surface area contributed by atoms with Gasteiger partial charge in [0.2, 0.25) is 0 Å². The Bertz CT molecular complexity index is 1130. The Hall–Kier alpha value is -2.46. The fourth-order valence-electron chi connectivity index (χ4n) is 5.48. The quantitative estimate of drug-likeness (QED) is 0.317. The largest absolute Gasteiger partial charge is 0.380 e. The number of carbonyl (C=O) groups excluding carboxylic acids is 1. The maximum Gasteiger partial charge on any atom is 0.162 e. The van der Waals surface area contributed by atoms with Gasteiger partial charge in [0.05, 0.1) is 0 Å². The van der Waals surface area contributed by atoms with Gasteiger partial charge in [0, 0.05) is 12.0 Å². The highest BCUT2D eigenvalue weighted by molar-refractivity contribution is 5.96. The van der Waals surface area contributed by atoms with E-state index in [1.807, 2.05) is 42.5 Å². The van der Waals surface area contributed by atoms with Crippen LogP contribution in [0.15, 0.2) is 78.9 Å². The van der Waals surface area contributed by atoms with E-state index < -0.39 is 5.60 Å². The maximum absolute atomic E-state index is 12.7. The molecule has 1 atom stereocenters. The predicted molar refractivity (Wildman–Crippen MR) is 156 cm³/mol. The fourth-order valence-corrected chi connectivity index (χ4v) is 5.48. The second-order valence-corrected chi connectivity index (χ2v) is 11.5. The number of halogens is 1. The van der Waals surface area contributed by atoms with E-state index >= 15 is 0 Å². The first-order valence-electron chi connectivity index (χ1n) is 13.4. The minimum Gasteiger partial charge on any atom is -0.380 e. The summed E-state index contributed by atoms with van der Waals surface area (Å²) in [6, 6.07) is 26.6. The van der Waals surface area contributed by atoms with Crippen LogP contribution < -0.4 is 0 Å². The summed E-state index contributed by atoms with van der Waals surface area (Å²) < 4.78 is 0. The van der Waals surface area contributed by atoms with E-state index in [0.29, 0.717) is 6.42 Å². The van der Waals surface area contributed by atoms with Gasteiger partial charge in [-0.15, -0.1) is 12.4 Å². The number of piperidine rings is 1. The van der Waals surface area contributed by atoms with Gasteiger partial charge in [-0.3, -0.25) is 4.79 Å². The number of benzene rings is 3. The fraction of sp³-hybridized carbons (Fsp3) is 0.424. The molecule has 0 radical (unpaired) electrons. The van der Waals surface area contributed by atoms with Crippen LogP contribution in [0.3, 0.4) is 0 Å². The average Bonchev–Trinajstić information content (AvgIpc) is 2.89. The van der Waals surface area contributed by atoms with E-state index in [4.69, 9.17) is 0 Å². The Kier molecular flexibility index (Phi) is 9.74. The number of hydrogen-bond acceptors (Lipinski definition) is 3. The third-order valence-electron chi connectivity index (χ3n) is 7.84. The number of aryl methyl sites for hydroxylation is 1. The molecule has 1 saturated heterocycles. The smallest absolute Gasteiger partial charge is 0.162 e. The van der Waals surface area contributed by atoms with Crippen molar-refractivity contribution in [2.75, 3.05) is 19.6 Å². The Morgan fingerprint density at radius 1 is 0.838 bits per heavy atom. The first-order chi connectivity index (χ1) is 17.2. The van der Waals surface area contributed by atoms with Gasteiger partial charge in [-0.25, -0.2) is 0 Å². The second-order valence-electron chi connectivity index (χ2n) is 11.5. The van der Waals surface area contributed by atoms with E-state index in [1.165, 1.54) is 11.1 Å². The van der Waals surface area contributed by atoms with Crippen molar-refractivity contribution in [3.63, 3.8) is 0 Å². The van der Waals surface area contributed by atoms with E-state index in [2.05, 4.69) is 69.0 Å². The summed E-state index contributed by atoms with van der Waals surface area (Å²) in [7, 11) is 0. The lowest BCUT2D eigenvalue weighted by molar-refractivity contribution is -0.0142. The van der Waals surface area contributed by atoms with Crippen molar-refractivity contribution in [1.82, 2.24) is 4.90 Å². The Balaban J connectivity index is 0.00000380. The zero-order valence-electron chi connectivity index (χ0n) is 22.7. The van der Waals surface area contributed by atoms with Crippen molar-refractivity contribution < 1.29 is 9.90 Å². The summed E-state index contributed by atoms with van der Waals surface area (Å²) in [5.41, 5.74) is 4.31. The molecular formula is C33H42ClNO2. The zero-order chi connectivity index (χ0) is 25.8. The number of rotatable bonds is 8. The van der Waals surface area contributed by atoms with Crippen LogP contribution in [0.25, 0.3) is 0 Å². The van der Waals surface area contributed by atoms with Gasteiger partial charge < -0.3 is 10.0 Å². The second kappa shape index (κ2) is 12.4. The number of Topliss-reactive ketones (excluding diaryl/α,β-unsaturated/α-hetero) is 1. The molecule has 1 unspecified atom stereocenters. The van der Waals surface area contributed by atoms with E-state index in [9.17, 15) is 9.90 Å². The molecule has 0 amide bonds. The van der Waals surface area contributed by atoms with E-state index in [1.54, 1.807) is 0 Å². The minimum atomic E-state index is -0.990. The molecule has 3 aromatic rings. The molecule has 3 nitrogen and oxygen atoms in total. The lowest BCUT2D eigenvalue weighted by Gasteiger charge is -2.42. The Morgan fingerprint density at radius 2 is 1.38 bits per heavy atom. The van der Waals surface area contributed by atoms with Gasteiger partial charge in [-0.1, -0.05) is 105 Å². The number of likely N-dealkylation sites (tertiary alicyclic amines) is 1. The third kappa shape index (κ3) is 6.90. The summed E-state index contributed by atoms with van der Waals surface area (Å²) in [5, 5.41) is 12.1. The van der Waals surface area contributed by atoms with Crippen molar-refractivity contribution in [3.8, 4) is 0 Å². The number of aliphatic hydroxyl groups is 1. The molecule has 1 aliphatic heterocycles. The van der Waals surface area contributed by atoms with Crippen LogP contribution in [0.2, 0.25) is 0 Å². The maximum atomic E-state index is 12.7. The molecule has 0 aliphatic carbocycles. The molecule has 1 N–H and O–H groups in total. The molecule has 1 fully saturated rings. The van der Waals surface area contributed by atoms with E-state index in [0.717, 1.165) is 55.6 Å². The van der Waals surface area contributed by atoms with Crippen molar-refractivity contribution in [2.45, 2.75) is 64.4 Å². The van der Waals surface area contributed by atoms with E-state index in [-0.39, 0.29) is 29.5 Å². The molecule has 3 aromatic carbocycles. The normalized spacial score (nSPS) is 16.6. The predicted octanol–water partition coefficient (Wildman–Crippen LogP) is 7.33. The van der Waals surface area contributed by atoms with Crippen molar-refractivity contribution >= 4 is 18.2 Å². The first kappa shape index (κ1) is 29.1. The highest BCUT2D eigenvalue weighted by Crippen LogP contribution is 2.42. The topological polar surface area (TPSA) is 40.5 Å². The van der Waals surface area contributed by atoms with Crippen LogP contribution in [-0.2, 0) is 11.0 Å². The molecule has 1 heterocycles. The molecule has 37 heavy (non-hydrogen) atoms. The average molecular weight is 520 g/mol. The Labute approximate surface area is 229 Å². The SMILES string of the molecule is Cc1ccc(C(O)(c2ccccc2)C2CCN(CCCC(=O)c3ccc(C(C)(C)C)cc3)CC2)cc1.Cl. The van der Waals surface area contributed by atoms with Gasteiger partial charge in [0.15, 0.2) is 5.78 Å². The van der Waals surface area contributed by atoms with Gasteiger partial charge >= 0.3 is 0 Å². The van der Waals surface area contributed by atoms with Crippen molar-refractivity contribution in [2.24, 2.45) is 5.92 Å². The molecule has 4 rings (SSSR count). The van der Waals surface area contributed by atoms with Crippen LogP contribution in [0.1, 0.15) is 79.1 Å². The molecule has 198 valence electrons. The molecule has 0 bridgehead atoms. The van der Waals surface area contributed by atoms with Crippen LogP contribution in [0.5, 0.6) is 0 Å². The van der Waals surface area contributed by atoms with Gasteiger partial charge in [0.25, 0.3) is 0 Å². The zero-order valence-corrected chi connectivity index (χ0v) is 23.6. The lowest BCUT2D eigenvalue weighted by Crippen LogP contribution is -2.44. The molecule has 4 heteroatoms. The van der Waals surface area contributed by atoms with Gasteiger partial charge in [-0.2, -0.15) is 0 Å². The first-order valence-corrected chi connectivity index (χ1v) is 13.4. The Morgan fingerprint density at radius 3 is 1.95 bits per heavy atom. The van der Waals surface area contributed by atoms with Gasteiger partial charge in [0.1, 0.15) is 5.60 Å². The van der Waals surface area contributed by atoms with Crippen LogP contribution in [0, 0.1) is 12.8 Å². The molecular weight excluding hydrogens is 478 g/mol. The standard InChI is InChI=1S/C33H41NO2.ClH/c1-25-12-16-29(17-13-25)33(36,28-9-6-5-7-10-28)30-20-23-34(24-21-30)22-8-11-31(35)26-14-18-27(19-15-26)32(2,3)4;/h5-7,9-10,12-19,30,36H,8,11,20-24H2,1-4H3;1H. The number of ketones is 1. The number of carbonyl (C=O) groups is 1. The lowest BCUT2D eigenvalue weighted by atomic mass is 9.72. The number of nitrogens with zero attached hydrogens (tertiary/aromatic N) is 1. The summed E-state index contributed by atoms with van der Waals surface area (Å²) in [6.07, 6.45) is 3.31. The van der Waals surface area contributed by atoms with Gasteiger partial charge in [-0.05, 0) is 73.8 Å². The number of hydrogen-bond donors (Lipinski definition) is 1. The molecule has 0 spiro atoms. The highest BCUT2D eigenvalue weighted by Gasteiger charge is 2.41. The van der Waals surface area contributed by atoms with Crippen molar-refractivity contribution in [1.29, 1.82) is 0 Å². The summed E-state index contributed by atoms with van der Waals surface area (Å²) >= 11 is 0. The third-order valence-corrected chi connectivity index (χ3v) is 7.84. The summed E-state index contributed by atoms with van der Waals surface area (Å²) in [5.74, 6) is 0.380. The minimum absolute atomic E-state index is 0. The summed E-state index contributed by atoms with van der Waals surface area (Å²) in [6.45, 7) is 11.5.